The zero-order chi connectivity index (χ0) is 9.47. The maximum Gasteiger partial charge on any atom is 0.419 e. The van der Waals surface area contributed by atoms with Crippen molar-refractivity contribution < 1.29 is 13.2 Å². The molecule has 0 radical (unpaired) electrons. The summed E-state index contributed by atoms with van der Waals surface area (Å²) in [6.45, 7) is 0. The van der Waals surface area contributed by atoms with Crippen LogP contribution in [-0.4, -0.2) is 14.6 Å². The maximum atomic E-state index is 12.1. The highest BCUT2D eigenvalue weighted by molar-refractivity contribution is 5.36. The van der Waals surface area contributed by atoms with Gasteiger partial charge in [-0.2, -0.15) is 18.3 Å². The summed E-state index contributed by atoms with van der Waals surface area (Å²) in [5.74, 6) is 0. The number of fused-ring (bicyclic) bond motifs is 1. The van der Waals surface area contributed by atoms with Crippen LogP contribution in [-0.2, 0) is 6.18 Å². The third kappa shape index (κ3) is 1.34. The Morgan fingerprint density at radius 1 is 1.31 bits per heavy atom. The van der Waals surface area contributed by atoms with E-state index < -0.39 is 11.7 Å². The van der Waals surface area contributed by atoms with Gasteiger partial charge in [-0.1, -0.05) is 0 Å². The molecule has 0 fully saturated rings. The number of nitrogens with zero attached hydrogens (tertiary/aromatic N) is 3. The molecule has 0 bridgehead atoms. The third-order valence-electron chi connectivity index (χ3n) is 1.57. The molecule has 0 aromatic carbocycles. The molecule has 68 valence electrons. The van der Waals surface area contributed by atoms with Crippen molar-refractivity contribution in [2.75, 3.05) is 0 Å². The van der Waals surface area contributed by atoms with Crippen molar-refractivity contribution in [1.82, 2.24) is 14.6 Å². The lowest BCUT2D eigenvalue weighted by Crippen LogP contribution is -2.07. The van der Waals surface area contributed by atoms with Crippen LogP contribution in [0.1, 0.15) is 5.56 Å². The third-order valence-corrected chi connectivity index (χ3v) is 1.57. The van der Waals surface area contributed by atoms with E-state index in [-0.39, 0.29) is 0 Å². The van der Waals surface area contributed by atoms with Gasteiger partial charge in [-0.15, -0.1) is 0 Å². The summed E-state index contributed by atoms with van der Waals surface area (Å²) in [6.07, 6.45) is -1.28. The fourth-order valence-electron chi connectivity index (χ4n) is 0.956. The predicted molar refractivity (Wildman–Crippen MR) is 38.0 cm³/mol. The summed E-state index contributed by atoms with van der Waals surface area (Å²) in [7, 11) is 0. The summed E-state index contributed by atoms with van der Waals surface area (Å²) >= 11 is 0. The number of aromatic nitrogens is 3. The van der Waals surface area contributed by atoms with Crippen molar-refractivity contribution >= 4 is 5.65 Å². The molecule has 0 amide bonds. The molecule has 0 unspecified atom stereocenters. The normalized spacial score (nSPS) is 12.2. The second kappa shape index (κ2) is 2.45. The van der Waals surface area contributed by atoms with E-state index in [9.17, 15) is 13.2 Å². The SMILES string of the molecule is FC(F)(F)c1cnc2ccnn2c1. The summed E-state index contributed by atoms with van der Waals surface area (Å²) in [4.78, 5) is 3.59. The largest absolute Gasteiger partial charge is 0.419 e. The van der Waals surface area contributed by atoms with Gasteiger partial charge >= 0.3 is 6.18 Å². The van der Waals surface area contributed by atoms with Crippen LogP contribution in [0, 0.1) is 0 Å². The van der Waals surface area contributed by atoms with Crippen LogP contribution in [0.3, 0.4) is 0 Å². The number of halogens is 3. The summed E-state index contributed by atoms with van der Waals surface area (Å²) < 4.78 is 37.5. The minimum atomic E-state index is -4.37. The van der Waals surface area contributed by atoms with Gasteiger partial charge in [0.2, 0.25) is 0 Å². The van der Waals surface area contributed by atoms with Gasteiger partial charge in [-0.25, -0.2) is 9.50 Å². The topological polar surface area (TPSA) is 30.2 Å². The fourth-order valence-corrected chi connectivity index (χ4v) is 0.956. The van der Waals surface area contributed by atoms with Crippen LogP contribution in [0.4, 0.5) is 13.2 Å². The van der Waals surface area contributed by atoms with Crippen LogP contribution >= 0.6 is 0 Å². The molecular formula is C7H4F3N3. The Balaban J connectivity index is 2.61. The molecule has 0 aliphatic carbocycles. The zero-order valence-electron chi connectivity index (χ0n) is 6.28. The van der Waals surface area contributed by atoms with Crippen molar-refractivity contribution in [2.24, 2.45) is 0 Å². The molecule has 0 aliphatic rings. The first-order valence-corrected chi connectivity index (χ1v) is 3.44. The lowest BCUT2D eigenvalue weighted by atomic mass is 10.3. The van der Waals surface area contributed by atoms with Crippen LogP contribution < -0.4 is 0 Å². The van der Waals surface area contributed by atoms with E-state index in [1.807, 2.05) is 0 Å². The van der Waals surface area contributed by atoms with Crippen molar-refractivity contribution in [2.45, 2.75) is 6.18 Å². The van der Waals surface area contributed by atoms with Crippen LogP contribution in [0.2, 0.25) is 0 Å². The van der Waals surface area contributed by atoms with Crippen LogP contribution in [0.25, 0.3) is 5.65 Å². The molecule has 0 saturated heterocycles. The molecule has 2 aromatic heterocycles. The molecule has 0 saturated carbocycles. The van der Waals surface area contributed by atoms with Crippen molar-refractivity contribution in [1.29, 1.82) is 0 Å². The maximum absolute atomic E-state index is 12.1. The first-order valence-electron chi connectivity index (χ1n) is 3.44. The molecule has 0 N–H and O–H groups in total. The average molecular weight is 187 g/mol. The van der Waals surface area contributed by atoms with E-state index in [0.29, 0.717) is 5.65 Å². The Hall–Kier alpha value is -1.59. The molecule has 0 spiro atoms. The van der Waals surface area contributed by atoms with E-state index in [1.165, 1.54) is 12.3 Å². The quantitative estimate of drug-likeness (QED) is 0.628. The second-order valence-corrected chi connectivity index (χ2v) is 2.47. The monoisotopic (exact) mass is 187 g/mol. The highest BCUT2D eigenvalue weighted by Gasteiger charge is 2.31. The Labute approximate surface area is 70.8 Å². The average Bonchev–Trinajstić information content (AvgIpc) is 2.47. The standard InChI is InChI=1S/C7H4F3N3/c8-7(9,10)5-3-11-6-1-2-12-13(6)4-5/h1-4H. The minimum Gasteiger partial charge on any atom is -0.236 e. The van der Waals surface area contributed by atoms with Crippen LogP contribution in [0.5, 0.6) is 0 Å². The van der Waals surface area contributed by atoms with E-state index >= 15 is 0 Å². The lowest BCUT2D eigenvalue weighted by molar-refractivity contribution is -0.138. The van der Waals surface area contributed by atoms with Gasteiger partial charge in [0.1, 0.15) is 0 Å². The molecule has 13 heavy (non-hydrogen) atoms. The smallest absolute Gasteiger partial charge is 0.236 e. The minimum absolute atomic E-state index is 0.396. The lowest BCUT2D eigenvalue weighted by Gasteiger charge is -2.04. The zero-order valence-corrected chi connectivity index (χ0v) is 6.28. The first-order chi connectivity index (χ1) is 6.07. The highest BCUT2D eigenvalue weighted by Crippen LogP contribution is 2.28. The summed E-state index contributed by atoms with van der Waals surface area (Å²) in [6, 6.07) is 1.53. The van der Waals surface area contributed by atoms with Gasteiger partial charge in [0.25, 0.3) is 0 Å². The molecular weight excluding hydrogens is 183 g/mol. The Morgan fingerprint density at radius 2 is 2.08 bits per heavy atom. The van der Waals surface area contributed by atoms with Gasteiger partial charge < -0.3 is 0 Å². The second-order valence-electron chi connectivity index (χ2n) is 2.47. The predicted octanol–water partition coefficient (Wildman–Crippen LogP) is 1.75. The molecule has 2 heterocycles. The number of hydrogen-bond acceptors (Lipinski definition) is 2. The van der Waals surface area contributed by atoms with E-state index in [2.05, 4.69) is 10.1 Å². The Kier molecular flexibility index (Phi) is 1.51. The van der Waals surface area contributed by atoms with Crippen LogP contribution in [0.15, 0.2) is 24.7 Å². The van der Waals surface area contributed by atoms with Crippen molar-refractivity contribution in [3.8, 4) is 0 Å². The number of hydrogen-bond donors (Lipinski definition) is 0. The molecule has 2 aromatic rings. The van der Waals surface area contributed by atoms with Gasteiger partial charge in [0, 0.05) is 18.5 Å². The molecule has 2 rings (SSSR count). The number of alkyl halides is 3. The van der Waals surface area contributed by atoms with Crippen molar-refractivity contribution in [3.05, 3.63) is 30.2 Å². The van der Waals surface area contributed by atoms with Gasteiger partial charge in [-0.3, -0.25) is 0 Å². The van der Waals surface area contributed by atoms with E-state index in [1.54, 1.807) is 0 Å². The highest BCUT2D eigenvalue weighted by atomic mass is 19.4. The van der Waals surface area contributed by atoms with E-state index in [4.69, 9.17) is 0 Å². The molecule has 0 atom stereocenters. The fraction of sp³-hybridized carbons (Fsp3) is 0.143. The van der Waals surface area contributed by atoms with Crippen molar-refractivity contribution in [3.63, 3.8) is 0 Å². The summed E-state index contributed by atoms with van der Waals surface area (Å²) in [5.41, 5.74) is -0.406. The Bertz CT molecular complexity index is 432. The first kappa shape index (κ1) is 8.03. The Morgan fingerprint density at radius 3 is 2.77 bits per heavy atom. The number of rotatable bonds is 0. The van der Waals surface area contributed by atoms with Gasteiger partial charge in [0.05, 0.1) is 11.8 Å². The molecule has 3 nitrogen and oxygen atoms in total. The summed E-state index contributed by atoms with van der Waals surface area (Å²) in [5, 5.41) is 3.65. The van der Waals surface area contributed by atoms with Gasteiger partial charge in [-0.05, 0) is 0 Å². The molecule has 6 heteroatoms. The molecule has 0 aliphatic heterocycles. The van der Waals surface area contributed by atoms with Gasteiger partial charge in [0.15, 0.2) is 5.65 Å². The van der Waals surface area contributed by atoms with E-state index in [0.717, 1.165) is 16.9 Å².